The maximum absolute atomic E-state index is 12.0. The Labute approximate surface area is 100 Å². The summed E-state index contributed by atoms with van der Waals surface area (Å²) in [6.45, 7) is 2.51. The van der Waals surface area contributed by atoms with E-state index >= 15 is 0 Å². The first-order chi connectivity index (χ1) is 7.79. The van der Waals surface area contributed by atoms with Crippen LogP contribution in [-0.2, 0) is 16.0 Å². The lowest BCUT2D eigenvalue weighted by Gasteiger charge is -2.15. The van der Waals surface area contributed by atoms with Gasteiger partial charge in [-0.15, -0.1) is 11.3 Å². The molecule has 0 aliphatic carbocycles. The Morgan fingerprint density at radius 3 is 3.25 bits per heavy atom. The standard InChI is InChI=1S/C12H17NO2S/c1-15-9-10-4-5-13(8-10)12(14)7-11-3-2-6-16-11/h2-3,6,10H,4-5,7-9H2,1H3. The molecule has 1 unspecified atom stereocenters. The topological polar surface area (TPSA) is 29.5 Å². The Kier molecular flexibility index (Phi) is 3.96. The third-order valence-corrected chi connectivity index (χ3v) is 3.82. The average molecular weight is 239 g/mol. The van der Waals surface area contributed by atoms with Crippen molar-refractivity contribution in [2.75, 3.05) is 26.8 Å². The van der Waals surface area contributed by atoms with Gasteiger partial charge in [0.1, 0.15) is 0 Å². The summed E-state index contributed by atoms with van der Waals surface area (Å²) >= 11 is 1.65. The van der Waals surface area contributed by atoms with E-state index in [2.05, 4.69) is 0 Å². The number of likely N-dealkylation sites (tertiary alicyclic amines) is 1. The second-order valence-electron chi connectivity index (χ2n) is 4.21. The molecule has 1 aliphatic heterocycles. The normalized spacial score (nSPS) is 20.3. The van der Waals surface area contributed by atoms with Gasteiger partial charge in [0, 0.05) is 31.0 Å². The number of carbonyl (C=O) groups excluding carboxylic acids is 1. The zero-order valence-corrected chi connectivity index (χ0v) is 10.3. The van der Waals surface area contributed by atoms with Crippen molar-refractivity contribution in [1.29, 1.82) is 0 Å². The Bertz CT molecular complexity index is 337. The van der Waals surface area contributed by atoms with Crippen molar-refractivity contribution >= 4 is 17.2 Å². The lowest BCUT2D eigenvalue weighted by molar-refractivity contribution is -0.129. The summed E-state index contributed by atoms with van der Waals surface area (Å²) in [4.78, 5) is 15.1. The first kappa shape index (κ1) is 11.6. The van der Waals surface area contributed by atoms with Crippen molar-refractivity contribution in [3.63, 3.8) is 0 Å². The van der Waals surface area contributed by atoms with Gasteiger partial charge in [-0.05, 0) is 17.9 Å². The van der Waals surface area contributed by atoms with Gasteiger partial charge in [0.15, 0.2) is 0 Å². The lowest BCUT2D eigenvalue weighted by atomic mass is 10.1. The monoisotopic (exact) mass is 239 g/mol. The van der Waals surface area contributed by atoms with E-state index in [-0.39, 0.29) is 5.91 Å². The Morgan fingerprint density at radius 1 is 1.69 bits per heavy atom. The van der Waals surface area contributed by atoms with Gasteiger partial charge < -0.3 is 9.64 Å². The summed E-state index contributed by atoms with van der Waals surface area (Å²) < 4.78 is 5.12. The van der Waals surface area contributed by atoms with Crippen LogP contribution in [0.15, 0.2) is 17.5 Å². The minimum Gasteiger partial charge on any atom is -0.384 e. The number of thiophene rings is 1. The number of hydrogen-bond donors (Lipinski definition) is 0. The van der Waals surface area contributed by atoms with Crippen LogP contribution < -0.4 is 0 Å². The van der Waals surface area contributed by atoms with Crippen LogP contribution in [0.4, 0.5) is 0 Å². The van der Waals surface area contributed by atoms with Crippen molar-refractivity contribution in [3.8, 4) is 0 Å². The fourth-order valence-electron chi connectivity index (χ4n) is 2.10. The second kappa shape index (κ2) is 5.46. The van der Waals surface area contributed by atoms with Gasteiger partial charge in [0.2, 0.25) is 5.91 Å². The van der Waals surface area contributed by atoms with E-state index in [4.69, 9.17) is 4.74 Å². The van der Waals surface area contributed by atoms with Crippen molar-refractivity contribution in [1.82, 2.24) is 4.90 Å². The first-order valence-corrected chi connectivity index (χ1v) is 6.46. The van der Waals surface area contributed by atoms with Crippen LogP contribution in [0.2, 0.25) is 0 Å². The third-order valence-electron chi connectivity index (χ3n) is 2.95. The molecule has 0 saturated carbocycles. The van der Waals surface area contributed by atoms with E-state index in [1.165, 1.54) is 0 Å². The van der Waals surface area contributed by atoms with E-state index in [9.17, 15) is 4.79 Å². The van der Waals surface area contributed by atoms with Gasteiger partial charge in [0.05, 0.1) is 13.0 Å². The van der Waals surface area contributed by atoms with Crippen molar-refractivity contribution in [3.05, 3.63) is 22.4 Å². The molecule has 1 fully saturated rings. The molecule has 1 aliphatic rings. The molecular weight excluding hydrogens is 222 g/mol. The van der Waals surface area contributed by atoms with Crippen LogP contribution >= 0.6 is 11.3 Å². The fraction of sp³-hybridized carbons (Fsp3) is 0.583. The molecule has 0 aromatic carbocycles. The minimum absolute atomic E-state index is 0.251. The Balaban J connectivity index is 1.83. The summed E-state index contributed by atoms with van der Waals surface area (Å²) in [5.41, 5.74) is 0. The van der Waals surface area contributed by atoms with Crippen molar-refractivity contribution in [2.24, 2.45) is 5.92 Å². The molecule has 88 valence electrons. The number of carbonyl (C=O) groups is 1. The molecule has 16 heavy (non-hydrogen) atoms. The molecule has 0 spiro atoms. The highest BCUT2D eigenvalue weighted by Crippen LogP contribution is 2.18. The summed E-state index contributed by atoms with van der Waals surface area (Å²) in [5.74, 6) is 0.776. The Hall–Kier alpha value is -0.870. The molecule has 1 saturated heterocycles. The number of nitrogens with zero attached hydrogens (tertiary/aromatic N) is 1. The predicted molar refractivity (Wildman–Crippen MR) is 64.6 cm³/mol. The van der Waals surface area contributed by atoms with Gasteiger partial charge in [-0.1, -0.05) is 6.07 Å². The number of methoxy groups -OCH3 is 1. The molecular formula is C12H17NO2S. The molecule has 2 heterocycles. The summed E-state index contributed by atoms with van der Waals surface area (Å²) in [5, 5.41) is 2.01. The molecule has 0 bridgehead atoms. The van der Waals surface area contributed by atoms with E-state index < -0.39 is 0 Å². The maximum Gasteiger partial charge on any atom is 0.227 e. The van der Waals surface area contributed by atoms with Gasteiger partial charge >= 0.3 is 0 Å². The first-order valence-electron chi connectivity index (χ1n) is 5.58. The summed E-state index contributed by atoms with van der Waals surface area (Å²) in [6.07, 6.45) is 1.63. The van der Waals surface area contributed by atoms with Crippen LogP contribution in [0, 0.1) is 5.92 Å². The highest BCUT2D eigenvalue weighted by Gasteiger charge is 2.25. The highest BCUT2D eigenvalue weighted by molar-refractivity contribution is 7.10. The Morgan fingerprint density at radius 2 is 2.56 bits per heavy atom. The van der Waals surface area contributed by atoms with Gasteiger partial charge in [-0.2, -0.15) is 0 Å². The number of amides is 1. The second-order valence-corrected chi connectivity index (χ2v) is 5.24. The van der Waals surface area contributed by atoms with Crippen molar-refractivity contribution in [2.45, 2.75) is 12.8 Å². The summed E-state index contributed by atoms with van der Waals surface area (Å²) in [7, 11) is 1.72. The molecule has 1 atom stereocenters. The molecule has 0 N–H and O–H groups in total. The highest BCUT2D eigenvalue weighted by atomic mass is 32.1. The molecule has 1 aromatic rings. The summed E-state index contributed by atoms with van der Waals surface area (Å²) in [6, 6.07) is 4.01. The van der Waals surface area contributed by atoms with E-state index in [0.717, 1.165) is 31.0 Å². The zero-order chi connectivity index (χ0) is 11.4. The van der Waals surface area contributed by atoms with Gasteiger partial charge in [0.25, 0.3) is 0 Å². The molecule has 4 heteroatoms. The average Bonchev–Trinajstić information content (AvgIpc) is 2.89. The molecule has 1 amide bonds. The molecule has 1 aromatic heterocycles. The number of ether oxygens (including phenoxy) is 1. The quantitative estimate of drug-likeness (QED) is 0.801. The van der Waals surface area contributed by atoms with Crippen LogP contribution in [0.1, 0.15) is 11.3 Å². The van der Waals surface area contributed by atoms with Crippen molar-refractivity contribution < 1.29 is 9.53 Å². The van der Waals surface area contributed by atoms with Crippen LogP contribution in [0.3, 0.4) is 0 Å². The largest absolute Gasteiger partial charge is 0.384 e. The SMILES string of the molecule is COCC1CCN(C(=O)Cc2cccs2)C1. The molecule has 2 rings (SSSR count). The lowest BCUT2D eigenvalue weighted by Crippen LogP contribution is -2.30. The van der Waals surface area contributed by atoms with E-state index in [0.29, 0.717) is 12.3 Å². The van der Waals surface area contributed by atoms with Crippen LogP contribution in [-0.4, -0.2) is 37.6 Å². The smallest absolute Gasteiger partial charge is 0.227 e. The minimum atomic E-state index is 0.251. The fourth-order valence-corrected chi connectivity index (χ4v) is 2.80. The number of rotatable bonds is 4. The predicted octanol–water partition coefficient (Wildman–Crippen LogP) is 1.79. The van der Waals surface area contributed by atoms with Crippen LogP contribution in [0.5, 0.6) is 0 Å². The van der Waals surface area contributed by atoms with E-state index in [1.807, 2.05) is 22.4 Å². The third kappa shape index (κ3) is 2.83. The van der Waals surface area contributed by atoms with Gasteiger partial charge in [-0.25, -0.2) is 0 Å². The molecule has 3 nitrogen and oxygen atoms in total. The van der Waals surface area contributed by atoms with Gasteiger partial charge in [-0.3, -0.25) is 4.79 Å². The molecule has 0 radical (unpaired) electrons. The van der Waals surface area contributed by atoms with E-state index in [1.54, 1.807) is 18.4 Å². The number of hydrogen-bond acceptors (Lipinski definition) is 3. The van der Waals surface area contributed by atoms with Crippen LogP contribution in [0.25, 0.3) is 0 Å². The zero-order valence-electron chi connectivity index (χ0n) is 9.52. The maximum atomic E-state index is 12.0.